The third kappa shape index (κ3) is 4.59. The molecule has 1 aliphatic carbocycles. The lowest BCUT2D eigenvalue weighted by molar-refractivity contribution is 0.0592. The molecule has 33 heavy (non-hydrogen) atoms. The molecule has 1 N–H and O–H groups in total. The van der Waals surface area contributed by atoms with Crippen molar-refractivity contribution in [1.29, 1.82) is 0 Å². The van der Waals surface area contributed by atoms with Crippen molar-refractivity contribution >= 4 is 26.7 Å². The van der Waals surface area contributed by atoms with E-state index in [-0.39, 0.29) is 30.3 Å². The number of fused-ring (bicyclic) bond motifs is 1. The highest BCUT2D eigenvalue weighted by molar-refractivity contribution is 7.92. The van der Waals surface area contributed by atoms with E-state index in [4.69, 9.17) is 5.10 Å². The maximum Gasteiger partial charge on any atom is 0.165 e. The summed E-state index contributed by atoms with van der Waals surface area (Å²) in [6, 6.07) is 10.1. The molecule has 1 aromatic carbocycles. The first kappa shape index (κ1) is 22.2. The van der Waals surface area contributed by atoms with E-state index in [9.17, 15) is 18.3 Å². The van der Waals surface area contributed by atoms with Gasteiger partial charge in [0.2, 0.25) is 0 Å². The van der Waals surface area contributed by atoms with Crippen molar-refractivity contribution in [2.45, 2.75) is 58.1 Å². The van der Waals surface area contributed by atoms with Crippen molar-refractivity contribution in [1.82, 2.24) is 14.8 Å². The number of sulfone groups is 1. The number of carbonyl (C=O) groups is 1. The van der Waals surface area contributed by atoms with E-state index in [0.717, 1.165) is 11.3 Å². The molecular weight excluding hydrogens is 438 g/mol. The highest BCUT2D eigenvalue weighted by Crippen LogP contribution is 2.41. The Hall–Kier alpha value is -2.58. The van der Waals surface area contributed by atoms with E-state index in [2.05, 4.69) is 17.1 Å². The molecular formula is C25H29N3O4S. The molecule has 2 fully saturated rings. The molecule has 0 radical (unpaired) electrons. The van der Waals surface area contributed by atoms with Gasteiger partial charge in [-0.25, -0.2) is 8.42 Å². The minimum absolute atomic E-state index is 0.0412. The summed E-state index contributed by atoms with van der Waals surface area (Å²) in [5.41, 5.74) is 3.27. The predicted octanol–water partition coefficient (Wildman–Crippen LogP) is 3.75. The fourth-order valence-corrected chi connectivity index (χ4v) is 7.10. The second kappa shape index (κ2) is 7.46. The Balaban J connectivity index is 1.53. The number of Topliss-reactive ketones (excluding diaryl/α,β-unsaturated/α-hetero) is 1. The predicted molar refractivity (Wildman–Crippen MR) is 127 cm³/mol. The molecule has 0 bridgehead atoms. The summed E-state index contributed by atoms with van der Waals surface area (Å²) in [6.45, 7) is 5.52. The zero-order valence-corrected chi connectivity index (χ0v) is 20.0. The number of nitrogens with zero attached hydrogens (tertiary/aromatic N) is 3. The fraction of sp³-hybridized carbons (Fsp3) is 0.480. The number of benzene rings is 1. The van der Waals surface area contributed by atoms with Crippen molar-refractivity contribution < 1.29 is 18.3 Å². The summed E-state index contributed by atoms with van der Waals surface area (Å²) in [4.78, 5) is 17.6. The van der Waals surface area contributed by atoms with Gasteiger partial charge in [0.1, 0.15) is 11.2 Å². The second-order valence-electron chi connectivity index (χ2n) is 10.8. The maximum absolute atomic E-state index is 13.0. The van der Waals surface area contributed by atoms with E-state index in [1.165, 1.54) is 18.4 Å². The fourth-order valence-electron chi connectivity index (χ4n) is 4.86. The normalized spacial score (nSPS) is 19.4. The second-order valence-corrected chi connectivity index (χ2v) is 12.8. The van der Waals surface area contributed by atoms with Gasteiger partial charge in [-0.3, -0.25) is 14.5 Å². The van der Waals surface area contributed by atoms with Crippen LogP contribution in [0.1, 0.15) is 61.9 Å². The molecule has 1 aliphatic heterocycles. The first-order valence-corrected chi connectivity index (χ1v) is 13.2. The Morgan fingerprint density at radius 1 is 1.24 bits per heavy atom. The van der Waals surface area contributed by atoms with E-state index < -0.39 is 20.9 Å². The molecule has 8 heteroatoms. The Kier molecular flexibility index (Phi) is 5.03. The summed E-state index contributed by atoms with van der Waals surface area (Å²) < 4.78 is 25.0. The van der Waals surface area contributed by atoms with Crippen LogP contribution in [0.5, 0.6) is 0 Å². The maximum atomic E-state index is 13.0. The molecule has 3 aromatic rings. The molecule has 0 atom stereocenters. The van der Waals surface area contributed by atoms with Crippen LogP contribution in [-0.4, -0.2) is 51.2 Å². The van der Waals surface area contributed by atoms with Gasteiger partial charge in [0, 0.05) is 29.2 Å². The van der Waals surface area contributed by atoms with Gasteiger partial charge in [0.05, 0.1) is 29.2 Å². The van der Waals surface area contributed by atoms with Crippen LogP contribution in [0.4, 0.5) is 0 Å². The monoisotopic (exact) mass is 467 g/mol. The highest BCUT2D eigenvalue weighted by atomic mass is 32.2. The van der Waals surface area contributed by atoms with E-state index in [1.807, 2.05) is 19.1 Å². The third-order valence-electron chi connectivity index (χ3n) is 6.38. The van der Waals surface area contributed by atoms with Crippen LogP contribution in [0.15, 0.2) is 36.5 Å². The summed E-state index contributed by atoms with van der Waals surface area (Å²) in [5, 5.41) is 15.2. The lowest BCUT2D eigenvalue weighted by Gasteiger charge is -2.37. The number of aliphatic hydroxyl groups is 1. The van der Waals surface area contributed by atoms with Gasteiger partial charge in [0.15, 0.2) is 15.6 Å². The molecule has 0 amide bonds. The van der Waals surface area contributed by atoms with E-state index >= 15 is 0 Å². The Labute approximate surface area is 193 Å². The van der Waals surface area contributed by atoms with Crippen molar-refractivity contribution in [3.63, 3.8) is 0 Å². The Morgan fingerprint density at radius 3 is 2.61 bits per heavy atom. The van der Waals surface area contributed by atoms with Gasteiger partial charge in [-0.15, -0.1) is 0 Å². The van der Waals surface area contributed by atoms with Crippen molar-refractivity contribution in [3.8, 4) is 11.3 Å². The summed E-state index contributed by atoms with van der Waals surface area (Å²) in [6.07, 6.45) is 4.14. The molecule has 7 nitrogen and oxygen atoms in total. The molecule has 0 unspecified atom stereocenters. The molecule has 2 aromatic heterocycles. The number of aromatic nitrogens is 3. The molecule has 5 rings (SSSR count). The number of hydrogen-bond donors (Lipinski definition) is 1. The van der Waals surface area contributed by atoms with Gasteiger partial charge in [-0.1, -0.05) is 25.1 Å². The highest BCUT2D eigenvalue weighted by Gasteiger charge is 2.45. The number of rotatable bonds is 7. The van der Waals surface area contributed by atoms with Gasteiger partial charge in [-0.05, 0) is 50.3 Å². The van der Waals surface area contributed by atoms with Crippen LogP contribution in [0.2, 0.25) is 0 Å². The summed E-state index contributed by atoms with van der Waals surface area (Å²) in [7, 11) is -3.02. The largest absolute Gasteiger partial charge is 0.389 e. The first-order valence-electron chi connectivity index (χ1n) is 11.3. The number of ketones is 1. The minimum Gasteiger partial charge on any atom is -0.389 e. The van der Waals surface area contributed by atoms with Crippen molar-refractivity contribution in [2.75, 3.05) is 11.5 Å². The lowest BCUT2D eigenvalue weighted by Crippen LogP contribution is -2.47. The van der Waals surface area contributed by atoms with Crippen molar-refractivity contribution in [3.05, 3.63) is 47.7 Å². The van der Waals surface area contributed by atoms with Crippen LogP contribution in [0, 0.1) is 5.41 Å². The van der Waals surface area contributed by atoms with Crippen LogP contribution in [-0.2, 0) is 16.4 Å². The number of carbonyl (C=O) groups excluding carboxylic acids is 1. The van der Waals surface area contributed by atoms with Gasteiger partial charge in [-0.2, -0.15) is 5.10 Å². The van der Waals surface area contributed by atoms with E-state index in [1.54, 1.807) is 30.8 Å². The lowest BCUT2D eigenvalue weighted by atomic mass is 9.86. The minimum atomic E-state index is -3.02. The molecule has 174 valence electrons. The molecule has 2 aliphatic rings. The van der Waals surface area contributed by atoms with Crippen molar-refractivity contribution in [2.24, 2.45) is 5.41 Å². The smallest absolute Gasteiger partial charge is 0.165 e. The van der Waals surface area contributed by atoms with Gasteiger partial charge < -0.3 is 5.11 Å². The van der Waals surface area contributed by atoms with Crippen LogP contribution in [0.3, 0.4) is 0 Å². The number of pyridine rings is 1. The van der Waals surface area contributed by atoms with Crippen LogP contribution >= 0.6 is 0 Å². The molecule has 1 saturated heterocycles. The zero-order chi connectivity index (χ0) is 23.6. The SMILES string of the molecule is CC(C)(O)Cn1nc(-c2cccc(C3CC3)c2)c2ncc(C(=O)CC3(C)CS(=O)(=O)C3)cc21. The first-order chi connectivity index (χ1) is 15.4. The Bertz CT molecular complexity index is 1350. The van der Waals surface area contributed by atoms with Gasteiger partial charge in [0.25, 0.3) is 0 Å². The summed E-state index contributed by atoms with van der Waals surface area (Å²) in [5.74, 6) is 0.567. The van der Waals surface area contributed by atoms with E-state index in [0.29, 0.717) is 22.5 Å². The average molecular weight is 468 g/mol. The quantitative estimate of drug-likeness (QED) is 0.531. The van der Waals surface area contributed by atoms with Gasteiger partial charge >= 0.3 is 0 Å². The van der Waals surface area contributed by atoms with Crippen LogP contribution < -0.4 is 0 Å². The third-order valence-corrected chi connectivity index (χ3v) is 8.66. The topological polar surface area (TPSA) is 102 Å². The summed E-state index contributed by atoms with van der Waals surface area (Å²) >= 11 is 0. The zero-order valence-electron chi connectivity index (χ0n) is 19.2. The molecule has 1 saturated carbocycles. The standard InChI is InChI=1S/C25H29N3O4S/c1-24(2,30)13-28-20-10-19(21(29)11-25(3)14-33(31,32)15-25)12-26-23(20)22(27-28)18-6-4-5-17(9-18)16-7-8-16/h4-6,9-10,12,16,30H,7-8,11,13-15H2,1-3H3. The molecule has 3 heterocycles. The Morgan fingerprint density at radius 2 is 1.97 bits per heavy atom. The number of hydrogen-bond acceptors (Lipinski definition) is 6. The average Bonchev–Trinajstić information content (AvgIpc) is 3.48. The molecule has 0 spiro atoms. The van der Waals surface area contributed by atoms with Crippen LogP contribution in [0.25, 0.3) is 22.3 Å².